The van der Waals surface area contributed by atoms with Crippen LogP contribution in [-0.4, -0.2) is 12.8 Å². The fourth-order valence-corrected chi connectivity index (χ4v) is 3.42. The second-order valence-electron chi connectivity index (χ2n) is 3.75. The Labute approximate surface area is 105 Å². The van der Waals surface area contributed by atoms with E-state index in [1.54, 1.807) is 24.3 Å². The minimum absolute atomic E-state index is 0.267. The third kappa shape index (κ3) is 2.83. The van der Waals surface area contributed by atoms with Gasteiger partial charge in [-0.05, 0) is 49.1 Å². The second-order valence-corrected chi connectivity index (χ2v) is 6.24. The lowest BCUT2D eigenvalue weighted by molar-refractivity contribution is 0.601. The third-order valence-corrected chi connectivity index (χ3v) is 4.45. The summed E-state index contributed by atoms with van der Waals surface area (Å²) in [5, 5.41) is 0.531. The summed E-state index contributed by atoms with van der Waals surface area (Å²) < 4.78 is 30.6. The Morgan fingerprint density at radius 3 is 2.59 bits per heavy atom. The summed E-state index contributed by atoms with van der Waals surface area (Å²) in [5.41, 5.74) is 1.71. The molecule has 17 heavy (non-hydrogen) atoms. The number of nitrogens with zero attached hydrogens (tertiary/aromatic N) is 1. The number of rotatable bonds is 3. The van der Waals surface area contributed by atoms with Crippen molar-refractivity contribution in [2.75, 3.05) is 4.72 Å². The van der Waals surface area contributed by atoms with E-state index in [1.807, 2.05) is 19.9 Å². The molecular weight excluding hydrogens is 256 g/mol. The van der Waals surface area contributed by atoms with Crippen LogP contribution in [0.15, 0.2) is 35.2 Å². The predicted molar refractivity (Wildman–Crippen MR) is 68.8 cm³/mol. The Morgan fingerprint density at radius 2 is 2.00 bits per heavy atom. The molecule has 0 fully saturated rings. The maximum absolute atomic E-state index is 12.0. The number of anilines is 1. The molecule has 1 aromatic carbocycles. The summed E-state index contributed by atoms with van der Waals surface area (Å²) in [6, 6.07) is 8.50. The molecule has 0 unspecified atom stereocenters. The number of sulfonamides is 1. The van der Waals surface area contributed by atoms with E-state index in [2.05, 4.69) is 9.10 Å². The van der Waals surface area contributed by atoms with Crippen molar-refractivity contribution in [2.24, 2.45) is 0 Å². The van der Waals surface area contributed by atoms with E-state index in [0.717, 1.165) is 22.8 Å². The normalized spacial score (nSPS) is 11.4. The molecule has 0 aliphatic carbocycles. The highest BCUT2D eigenvalue weighted by atomic mass is 32.2. The quantitative estimate of drug-likeness (QED) is 0.930. The zero-order valence-corrected chi connectivity index (χ0v) is 11.1. The van der Waals surface area contributed by atoms with Crippen molar-refractivity contribution < 1.29 is 8.42 Å². The topological polar surface area (TPSA) is 59.1 Å². The van der Waals surface area contributed by atoms with Crippen molar-refractivity contribution in [3.63, 3.8) is 0 Å². The van der Waals surface area contributed by atoms with Crippen LogP contribution in [0, 0.1) is 13.8 Å². The maximum Gasteiger partial charge on any atom is 0.262 e. The van der Waals surface area contributed by atoms with Crippen LogP contribution in [0.4, 0.5) is 5.00 Å². The molecule has 1 heterocycles. The van der Waals surface area contributed by atoms with Crippen molar-refractivity contribution in [1.29, 1.82) is 0 Å². The fraction of sp³-hybridized carbons (Fsp3) is 0.182. The highest BCUT2D eigenvalue weighted by Gasteiger charge is 2.15. The van der Waals surface area contributed by atoms with Crippen LogP contribution in [0.5, 0.6) is 0 Å². The number of hydrogen-bond acceptors (Lipinski definition) is 4. The number of aromatic nitrogens is 1. The van der Waals surface area contributed by atoms with Gasteiger partial charge in [0.1, 0.15) is 5.00 Å². The molecule has 1 N–H and O–H groups in total. The van der Waals surface area contributed by atoms with Crippen molar-refractivity contribution >= 4 is 26.6 Å². The molecule has 90 valence electrons. The van der Waals surface area contributed by atoms with E-state index >= 15 is 0 Å². The minimum atomic E-state index is -3.50. The average Bonchev–Trinajstić information content (AvgIpc) is 2.63. The highest BCUT2D eigenvalue weighted by Crippen LogP contribution is 2.20. The molecule has 0 bridgehead atoms. The van der Waals surface area contributed by atoms with Crippen LogP contribution in [0.1, 0.15) is 11.3 Å². The van der Waals surface area contributed by atoms with E-state index in [0.29, 0.717) is 5.00 Å². The van der Waals surface area contributed by atoms with Gasteiger partial charge >= 0.3 is 0 Å². The lowest BCUT2D eigenvalue weighted by atomic mass is 10.2. The molecule has 0 spiro atoms. The standard InChI is InChI=1S/C11H12N2O2S2/c1-8-4-3-5-10(6-8)17(14,15)13-11-7-9(2)12-16-11/h3-7,13H,1-2H3. The van der Waals surface area contributed by atoms with Gasteiger partial charge < -0.3 is 0 Å². The number of hydrogen-bond donors (Lipinski definition) is 1. The molecule has 2 rings (SSSR count). The Hall–Kier alpha value is -1.40. The largest absolute Gasteiger partial charge is 0.269 e. The Bertz CT molecular complexity index is 632. The van der Waals surface area contributed by atoms with Gasteiger partial charge in [0.15, 0.2) is 0 Å². The summed E-state index contributed by atoms with van der Waals surface area (Å²) in [5.74, 6) is 0. The Balaban J connectivity index is 2.31. The highest BCUT2D eigenvalue weighted by molar-refractivity contribution is 7.93. The van der Waals surface area contributed by atoms with Crippen LogP contribution in [0.25, 0.3) is 0 Å². The first kappa shape index (κ1) is 12.1. The van der Waals surface area contributed by atoms with Gasteiger partial charge in [-0.25, -0.2) is 8.42 Å². The molecular formula is C11H12N2O2S2. The van der Waals surface area contributed by atoms with Crippen LogP contribution >= 0.6 is 11.5 Å². The number of benzene rings is 1. The molecule has 6 heteroatoms. The molecule has 0 radical (unpaired) electrons. The molecule has 2 aromatic rings. The molecule has 0 amide bonds. The third-order valence-electron chi connectivity index (χ3n) is 2.16. The van der Waals surface area contributed by atoms with Gasteiger partial charge in [-0.2, -0.15) is 4.37 Å². The summed E-state index contributed by atoms with van der Waals surface area (Å²) in [7, 11) is -3.50. The summed E-state index contributed by atoms with van der Waals surface area (Å²) in [6.07, 6.45) is 0. The van der Waals surface area contributed by atoms with Crippen LogP contribution in [0.2, 0.25) is 0 Å². The summed E-state index contributed by atoms with van der Waals surface area (Å²) in [6.45, 7) is 3.68. The number of aryl methyl sites for hydroxylation is 2. The van der Waals surface area contributed by atoms with Gasteiger partial charge in [0.25, 0.3) is 10.0 Å². The average molecular weight is 268 g/mol. The predicted octanol–water partition coefficient (Wildman–Crippen LogP) is 2.56. The first-order chi connectivity index (χ1) is 7.97. The lowest BCUT2D eigenvalue weighted by Crippen LogP contribution is -2.12. The van der Waals surface area contributed by atoms with Crippen LogP contribution < -0.4 is 4.72 Å². The molecule has 0 atom stereocenters. The van der Waals surface area contributed by atoms with Crippen molar-refractivity contribution in [3.05, 3.63) is 41.6 Å². The first-order valence-electron chi connectivity index (χ1n) is 5.00. The van der Waals surface area contributed by atoms with E-state index < -0.39 is 10.0 Å². The monoisotopic (exact) mass is 268 g/mol. The molecule has 0 saturated heterocycles. The molecule has 0 saturated carbocycles. The van der Waals surface area contributed by atoms with Gasteiger partial charge in [-0.1, -0.05) is 12.1 Å². The minimum Gasteiger partial charge on any atom is -0.269 e. The molecule has 0 aliphatic rings. The molecule has 4 nitrogen and oxygen atoms in total. The van der Waals surface area contributed by atoms with Crippen molar-refractivity contribution in [2.45, 2.75) is 18.7 Å². The van der Waals surface area contributed by atoms with Crippen LogP contribution in [-0.2, 0) is 10.0 Å². The van der Waals surface area contributed by atoms with Crippen molar-refractivity contribution in [3.8, 4) is 0 Å². The SMILES string of the molecule is Cc1cccc(S(=O)(=O)Nc2cc(C)ns2)c1. The maximum atomic E-state index is 12.0. The van der Waals surface area contributed by atoms with E-state index in [9.17, 15) is 8.42 Å². The number of nitrogens with one attached hydrogen (secondary N) is 1. The summed E-state index contributed by atoms with van der Waals surface area (Å²) in [4.78, 5) is 0.267. The van der Waals surface area contributed by atoms with Crippen molar-refractivity contribution in [1.82, 2.24) is 4.37 Å². The second kappa shape index (κ2) is 4.46. The zero-order valence-electron chi connectivity index (χ0n) is 9.47. The van der Waals surface area contributed by atoms with E-state index in [4.69, 9.17) is 0 Å². The van der Waals surface area contributed by atoms with Gasteiger partial charge in [-0.15, -0.1) is 0 Å². The van der Waals surface area contributed by atoms with Gasteiger partial charge in [-0.3, -0.25) is 4.72 Å². The fourth-order valence-electron chi connectivity index (χ4n) is 1.39. The van der Waals surface area contributed by atoms with Gasteiger partial charge in [0.2, 0.25) is 0 Å². The lowest BCUT2D eigenvalue weighted by Gasteiger charge is -2.05. The first-order valence-corrected chi connectivity index (χ1v) is 7.26. The van der Waals surface area contributed by atoms with E-state index in [-0.39, 0.29) is 4.90 Å². The molecule has 1 aromatic heterocycles. The van der Waals surface area contributed by atoms with Gasteiger partial charge in [0, 0.05) is 0 Å². The summed E-state index contributed by atoms with van der Waals surface area (Å²) >= 11 is 1.13. The Morgan fingerprint density at radius 1 is 1.24 bits per heavy atom. The van der Waals surface area contributed by atoms with E-state index in [1.165, 1.54) is 0 Å². The zero-order chi connectivity index (χ0) is 12.5. The molecule has 0 aliphatic heterocycles. The van der Waals surface area contributed by atoms with Crippen LogP contribution in [0.3, 0.4) is 0 Å². The Kier molecular flexibility index (Phi) is 3.17. The smallest absolute Gasteiger partial charge is 0.262 e. The van der Waals surface area contributed by atoms with Gasteiger partial charge in [0.05, 0.1) is 10.6 Å².